The van der Waals surface area contributed by atoms with Gasteiger partial charge in [-0.05, 0) is 53.6 Å². The van der Waals surface area contributed by atoms with Crippen molar-refractivity contribution in [3.05, 3.63) is 0 Å². The van der Waals surface area contributed by atoms with Crippen LogP contribution < -0.4 is 5.32 Å². The van der Waals surface area contributed by atoms with E-state index in [4.69, 9.17) is 4.74 Å². The lowest BCUT2D eigenvalue weighted by Gasteiger charge is -2.31. The maximum absolute atomic E-state index is 12.6. The summed E-state index contributed by atoms with van der Waals surface area (Å²) in [5.41, 5.74) is -1.07. The third kappa shape index (κ3) is 6.30. The number of amides is 2. The van der Waals surface area contributed by atoms with Gasteiger partial charge in [0.25, 0.3) is 0 Å². The van der Waals surface area contributed by atoms with Crippen molar-refractivity contribution in [2.75, 3.05) is 40.3 Å². The van der Waals surface area contributed by atoms with E-state index in [1.54, 1.807) is 4.90 Å². The number of hydrogen-bond donors (Lipinski definition) is 1. The fourth-order valence-electron chi connectivity index (χ4n) is 3.07. The van der Waals surface area contributed by atoms with Gasteiger partial charge in [0.05, 0.1) is 5.41 Å². The Hall–Kier alpha value is -1.30. The summed E-state index contributed by atoms with van der Waals surface area (Å²) >= 11 is 0. The summed E-state index contributed by atoms with van der Waals surface area (Å²) in [6.45, 7) is 14.2. The minimum atomic E-state index is -0.550. The zero-order chi connectivity index (χ0) is 18.8. The first-order valence-electron chi connectivity index (χ1n) is 8.65. The minimum Gasteiger partial charge on any atom is -0.444 e. The molecular formula is C18H35N3O3. The standard InChI is InChI=1S/C18H35N3O3/c1-16(2,3)24-15(23)21-10-9-18(6,13-21)14(22)19-11-17(4,5)12-20(7)8/h9-13H2,1-8H3,(H,19,22)/t18-/m1/s1. The van der Waals surface area contributed by atoms with E-state index in [2.05, 4.69) is 24.1 Å². The average Bonchev–Trinajstić information content (AvgIpc) is 2.77. The lowest BCUT2D eigenvalue weighted by molar-refractivity contribution is -0.130. The summed E-state index contributed by atoms with van der Waals surface area (Å²) in [7, 11) is 4.06. The molecule has 1 atom stereocenters. The average molecular weight is 341 g/mol. The molecule has 1 rings (SSSR count). The first kappa shape index (κ1) is 20.7. The highest BCUT2D eigenvalue weighted by atomic mass is 16.6. The van der Waals surface area contributed by atoms with Crippen molar-refractivity contribution >= 4 is 12.0 Å². The van der Waals surface area contributed by atoms with Gasteiger partial charge in [-0.2, -0.15) is 0 Å². The summed E-state index contributed by atoms with van der Waals surface area (Å²) in [5, 5.41) is 3.07. The normalized spacial score (nSPS) is 22.0. The van der Waals surface area contributed by atoms with Crippen LogP contribution >= 0.6 is 0 Å². The van der Waals surface area contributed by atoms with Crippen molar-refractivity contribution < 1.29 is 14.3 Å². The van der Waals surface area contributed by atoms with E-state index in [1.165, 1.54) is 0 Å². The van der Waals surface area contributed by atoms with Crippen LogP contribution in [0.5, 0.6) is 0 Å². The molecule has 0 saturated carbocycles. The van der Waals surface area contributed by atoms with Gasteiger partial charge in [0.15, 0.2) is 0 Å². The van der Waals surface area contributed by atoms with E-state index in [0.29, 0.717) is 26.1 Å². The monoisotopic (exact) mass is 341 g/mol. The summed E-state index contributed by atoms with van der Waals surface area (Å²) < 4.78 is 5.40. The molecule has 0 spiro atoms. The third-order valence-electron chi connectivity index (χ3n) is 4.14. The molecule has 6 nitrogen and oxygen atoms in total. The van der Waals surface area contributed by atoms with Crippen LogP contribution in [0.1, 0.15) is 48.0 Å². The molecule has 0 aliphatic carbocycles. The van der Waals surface area contributed by atoms with Crippen LogP contribution in [0, 0.1) is 10.8 Å². The molecule has 1 saturated heterocycles. The quantitative estimate of drug-likeness (QED) is 0.834. The molecule has 1 N–H and O–H groups in total. The van der Waals surface area contributed by atoms with Crippen LogP contribution in [0.15, 0.2) is 0 Å². The number of nitrogens with zero attached hydrogens (tertiary/aromatic N) is 2. The molecule has 0 aromatic rings. The van der Waals surface area contributed by atoms with Crippen LogP contribution in [0.2, 0.25) is 0 Å². The Morgan fingerprint density at radius 3 is 2.29 bits per heavy atom. The predicted octanol–water partition coefficient (Wildman–Crippen LogP) is 2.34. The lowest BCUT2D eigenvalue weighted by Crippen LogP contribution is -2.47. The second-order valence-corrected chi connectivity index (χ2v) is 9.30. The maximum Gasteiger partial charge on any atom is 0.410 e. The van der Waals surface area contributed by atoms with E-state index in [1.807, 2.05) is 41.8 Å². The van der Waals surface area contributed by atoms with Gasteiger partial charge in [-0.3, -0.25) is 4.79 Å². The number of carbonyl (C=O) groups is 2. The van der Waals surface area contributed by atoms with Crippen molar-refractivity contribution in [2.24, 2.45) is 10.8 Å². The molecule has 0 aromatic carbocycles. The predicted molar refractivity (Wildman–Crippen MR) is 95.9 cm³/mol. The molecule has 140 valence electrons. The van der Waals surface area contributed by atoms with E-state index in [-0.39, 0.29) is 17.4 Å². The highest BCUT2D eigenvalue weighted by Crippen LogP contribution is 2.31. The Balaban J connectivity index is 2.58. The van der Waals surface area contributed by atoms with Gasteiger partial charge in [-0.15, -0.1) is 0 Å². The minimum absolute atomic E-state index is 0.00102. The molecule has 2 amide bonds. The molecule has 1 heterocycles. The molecule has 1 aliphatic heterocycles. The summed E-state index contributed by atoms with van der Waals surface area (Å²) in [6, 6.07) is 0. The Morgan fingerprint density at radius 1 is 1.21 bits per heavy atom. The number of likely N-dealkylation sites (tertiary alicyclic amines) is 1. The molecule has 6 heteroatoms. The fourth-order valence-corrected chi connectivity index (χ4v) is 3.07. The molecule has 0 bridgehead atoms. The second kappa shape index (κ2) is 7.30. The zero-order valence-corrected chi connectivity index (χ0v) is 16.7. The SMILES string of the molecule is CN(C)CC(C)(C)CNC(=O)[C@]1(C)CCN(C(=O)OC(C)(C)C)C1. The Kier molecular flexibility index (Phi) is 6.31. The van der Waals surface area contributed by atoms with E-state index >= 15 is 0 Å². The molecule has 1 fully saturated rings. The summed E-state index contributed by atoms with van der Waals surface area (Å²) in [4.78, 5) is 28.6. The number of hydrogen-bond acceptors (Lipinski definition) is 4. The van der Waals surface area contributed by atoms with Gasteiger partial charge in [-0.1, -0.05) is 13.8 Å². The summed E-state index contributed by atoms with van der Waals surface area (Å²) in [6.07, 6.45) is 0.318. The van der Waals surface area contributed by atoms with Gasteiger partial charge in [0.1, 0.15) is 5.60 Å². The van der Waals surface area contributed by atoms with E-state index in [0.717, 1.165) is 6.54 Å². The Labute approximate surface area is 146 Å². The highest BCUT2D eigenvalue weighted by molar-refractivity contribution is 5.84. The van der Waals surface area contributed by atoms with Crippen molar-refractivity contribution in [3.8, 4) is 0 Å². The van der Waals surface area contributed by atoms with E-state index < -0.39 is 11.0 Å². The van der Waals surface area contributed by atoms with Crippen LogP contribution in [-0.2, 0) is 9.53 Å². The number of ether oxygens (including phenoxy) is 1. The van der Waals surface area contributed by atoms with Crippen LogP contribution in [-0.4, -0.2) is 67.7 Å². The molecule has 0 unspecified atom stereocenters. The molecular weight excluding hydrogens is 306 g/mol. The molecule has 24 heavy (non-hydrogen) atoms. The third-order valence-corrected chi connectivity index (χ3v) is 4.14. The van der Waals surface area contributed by atoms with Gasteiger partial charge < -0.3 is 19.9 Å². The second-order valence-electron chi connectivity index (χ2n) is 9.30. The van der Waals surface area contributed by atoms with Gasteiger partial charge >= 0.3 is 6.09 Å². The van der Waals surface area contributed by atoms with Crippen LogP contribution in [0.3, 0.4) is 0 Å². The number of nitrogens with one attached hydrogen (secondary N) is 1. The fraction of sp³-hybridized carbons (Fsp3) is 0.889. The number of rotatable bonds is 5. The van der Waals surface area contributed by atoms with Crippen molar-refractivity contribution in [3.63, 3.8) is 0 Å². The topological polar surface area (TPSA) is 61.9 Å². The first-order valence-corrected chi connectivity index (χ1v) is 8.65. The number of carbonyl (C=O) groups excluding carboxylic acids is 2. The van der Waals surface area contributed by atoms with Crippen LogP contribution in [0.4, 0.5) is 4.79 Å². The Morgan fingerprint density at radius 2 is 1.79 bits per heavy atom. The molecule has 1 aliphatic rings. The maximum atomic E-state index is 12.6. The van der Waals surface area contributed by atoms with E-state index in [9.17, 15) is 9.59 Å². The molecule has 0 radical (unpaired) electrons. The van der Waals surface area contributed by atoms with Crippen molar-refractivity contribution in [2.45, 2.75) is 53.6 Å². The summed E-state index contributed by atoms with van der Waals surface area (Å²) in [5.74, 6) is 0.0142. The largest absolute Gasteiger partial charge is 0.444 e. The van der Waals surface area contributed by atoms with Crippen LogP contribution in [0.25, 0.3) is 0 Å². The van der Waals surface area contributed by atoms with Gasteiger partial charge in [0.2, 0.25) is 5.91 Å². The zero-order valence-electron chi connectivity index (χ0n) is 16.7. The van der Waals surface area contributed by atoms with Gasteiger partial charge in [0, 0.05) is 26.2 Å². The van der Waals surface area contributed by atoms with Crippen molar-refractivity contribution in [1.29, 1.82) is 0 Å². The molecule has 0 aromatic heterocycles. The lowest BCUT2D eigenvalue weighted by atomic mass is 9.87. The van der Waals surface area contributed by atoms with Gasteiger partial charge in [-0.25, -0.2) is 4.79 Å². The van der Waals surface area contributed by atoms with Crippen molar-refractivity contribution in [1.82, 2.24) is 15.1 Å². The highest BCUT2D eigenvalue weighted by Gasteiger charge is 2.43. The first-order chi connectivity index (χ1) is 10.7. The smallest absolute Gasteiger partial charge is 0.410 e. The Bertz CT molecular complexity index is 469.